The van der Waals surface area contributed by atoms with E-state index in [-0.39, 0.29) is 0 Å². The highest BCUT2D eigenvalue weighted by atomic mass is 16.1. The Morgan fingerprint density at radius 1 is 1.31 bits per heavy atom. The van der Waals surface area contributed by atoms with Gasteiger partial charge in [0.1, 0.15) is 0 Å². The minimum atomic E-state index is 0.587. The van der Waals surface area contributed by atoms with Gasteiger partial charge in [-0.1, -0.05) is 0 Å². The van der Waals surface area contributed by atoms with Gasteiger partial charge in [0.05, 0.1) is 5.69 Å². The molecule has 0 saturated carbocycles. The first-order valence-corrected chi connectivity index (χ1v) is 5.36. The van der Waals surface area contributed by atoms with Crippen LogP contribution in [0, 0.1) is 0 Å². The number of carbonyl (C=O) groups excluding carboxylic acids is 1. The van der Waals surface area contributed by atoms with E-state index in [0.717, 1.165) is 24.9 Å². The highest BCUT2D eigenvalue weighted by molar-refractivity contribution is 5.74. The van der Waals surface area contributed by atoms with Gasteiger partial charge >= 0.3 is 0 Å². The molecule has 0 bridgehead atoms. The molecule has 0 fully saturated rings. The first-order valence-electron chi connectivity index (χ1n) is 5.36. The number of rotatable bonds is 2. The monoisotopic (exact) mass is 213 g/mol. The number of aryl methyl sites for hydroxylation is 2. The molecule has 16 heavy (non-hydrogen) atoms. The number of aldehydes is 1. The molecular formula is C12H11N3O. The van der Waals surface area contributed by atoms with Crippen molar-refractivity contribution in [3.63, 3.8) is 0 Å². The fraction of sp³-hybridized carbons (Fsp3) is 0.250. The summed E-state index contributed by atoms with van der Waals surface area (Å²) in [6.45, 7) is 0. The van der Waals surface area contributed by atoms with Gasteiger partial charge in [-0.15, -0.1) is 0 Å². The van der Waals surface area contributed by atoms with Crippen molar-refractivity contribution in [3.8, 4) is 5.82 Å². The van der Waals surface area contributed by atoms with E-state index < -0.39 is 0 Å². The first kappa shape index (κ1) is 9.27. The van der Waals surface area contributed by atoms with E-state index in [1.165, 1.54) is 17.7 Å². The minimum absolute atomic E-state index is 0.587. The summed E-state index contributed by atoms with van der Waals surface area (Å²) in [6.07, 6.45) is 7.77. The molecule has 0 spiro atoms. The molecule has 1 aliphatic rings. The molecule has 4 heteroatoms. The molecule has 0 aliphatic heterocycles. The molecule has 2 aromatic heterocycles. The third-order valence-electron chi connectivity index (χ3n) is 2.88. The second-order valence-electron chi connectivity index (χ2n) is 3.97. The predicted octanol–water partition coefficient (Wildman–Crippen LogP) is 1.57. The van der Waals surface area contributed by atoms with Crippen LogP contribution in [0.15, 0.2) is 24.5 Å². The van der Waals surface area contributed by atoms with Gasteiger partial charge in [0.25, 0.3) is 0 Å². The molecule has 0 amide bonds. The molecule has 4 nitrogen and oxygen atoms in total. The second-order valence-corrected chi connectivity index (χ2v) is 3.97. The molecule has 0 atom stereocenters. The van der Waals surface area contributed by atoms with Crippen LogP contribution in [0.2, 0.25) is 0 Å². The zero-order valence-electron chi connectivity index (χ0n) is 8.76. The van der Waals surface area contributed by atoms with Crippen molar-refractivity contribution in [2.45, 2.75) is 19.3 Å². The molecule has 80 valence electrons. The summed E-state index contributed by atoms with van der Waals surface area (Å²) in [5.41, 5.74) is 3.09. The van der Waals surface area contributed by atoms with Crippen LogP contribution < -0.4 is 0 Å². The summed E-state index contributed by atoms with van der Waals surface area (Å²) in [5.74, 6) is 0.764. The van der Waals surface area contributed by atoms with Crippen molar-refractivity contribution in [1.29, 1.82) is 0 Å². The van der Waals surface area contributed by atoms with Crippen molar-refractivity contribution in [2.24, 2.45) is 0 Å². The molecule has 2 aromatic rings. The molecule has 0 N–H and O–H groups in total. The number of nitrogens with zero attached hydrogens (tertiary/aromatic N) is 3. The van der Waals surface area contributed by atoms with Crippen LogP contribution in [-0.2, 0) is 12.8 Å². The van der Waals surface area contributed by atoms with Gasteiger partial charge in [0.15, 0.2) is 12.1 Å². The van der Waals surface area contributed by atoms with Crippen molar-refractivity contribution in [1.82, 2.24) is 14.8 Å². The van der Waals surface area contributed by atoms with E-state index in [4.69, 9.17) is 0 Å². The highest BCUT2D eigenvalue weighted by Crippen LogP contribution is 2.21. The first-order chi connectivity index (χ1) is 7.86. The van der Waals surface area contributed by atoms with Gasteiger partial charge in [-0.25, -0.2) is 9.67 Å². The van der Waals surface area contributed by atoms with Crippen molar-refractivity contribution in [3.05, 3.63) is 41.3 Å². The Hall–Kier alpha value is -1.97. The van der Waals surface area contributed by atoms with E-state index in [2.05, 4.69) is 10.1 Å². The summed E-state index contributed by atoms with van der Waals surface area (Å²) < 4.78 is 1.79. The van der Waals surface area contributed by atoms with E-state index >= 15 is 0 Å². The third kappa shape index (κ3) is 1.43. The van der Waals surface area contributed by atoms with Gasteiger partial charge in [0, 0.05) is 18.0 Å². The van der Waals surface area contributed by atoms with E-state index in [1.807, 2.05) is 12.3 Å². The van der Waals surface area contributed by atoms with E-state index in [1.54, 1.807) is 16.9 Å². The summed E-state index contributed by atoms with van der Waals surface area (Å²) >= 11 is 0. The number of pyridine rings is 1. The molecular weight excluding hydrogens is 202 g/mol. The van der Waals surface area contributed by atoms with Crippen LogP contribution in [0.4, 0.5) is 0 Å². The molecule has 2 heterocycles. The number of hydrogen-bond acceptors (Lipinski definition) is 3. The summed E-state index contributed by atoms with van der Waals surface area (Å²) in [6, 6.07) is 3.56. The average Bonchev–Trinajstić information content (AvgIpc) is 2.89. The van der Waals surface area contributed by atoms with Crippen LogP contribution in [0.5, 0.6) is 0 Å². The van der Waals surface area contributed by atoms with Crippen molar-refractivity contribution >= 4 is 6.29 Å². The molecule has 0 unspecified atom stereocenters. The summed E-state index contributed by atoms with van der Waals surface area (Å²) in [4.78, 5) is 14.7. The van der Waals surface area contributed by atoms with Crippen LogP contribution in [0.25, 0.3) is 5.82 Å². The quantitative estimate of drug-likeness (QED) is 0.711. The Morgan fingerprint density at radius 3 is 2.94 bits per heavy atom. The third-order valence-corrected chi connectivity index (χ3v) is 2.88. The smallest absolute Gasteiger partial charge is 0.153 e. The largest absolute Gasteiger partial charge is 0.298 e. The Morgan fingerprint density at radius 2 is 2.25 bits per heavy atom. The van der Waals surface area contributed by atoms with Crippen LogP contribution in [0.1, 0.15) is 28.0 Å². The molecule has 0 aromatic carbocycles. The van der Waals surface area contributed by atoms with Crippen LogP contribution >= 0.6 is 0 Å². The highest BCUT2D eigenvalue weighted by Gasteiger charge is 2.15. The van der Waals surface area contributed by atoms with E-state index in [9.17, 15) is 4.79 Å². The zero-order valence-corrected chi connectivity index (χ0v) is 8.76. The molecule has 0 saturated heterocycles. The molecule has 3 rings (SSSR count). The maximum Gasteiger partial charge on any atom is 0.153 e. The number of hydrogen-bond donors (Lipinski definition) is 0. The van der Waals surface area contributed by atoms with Crippen molar-refractivity contribution < 1.29 is 4.79 Å². The van der Waals surface area contributed by atoms with Crippen molar-refractivity contribution in [2.75, 3.05) is 0 Å². The summed E-state index contributed by atoms with van der Waals surface area (Å²) in [5, 5.41) is 4.48. The van der Waals surface area contributed by atoms with Gasteiger partial charge in [-0.3, -0.25) is 4.79 Å². The van der Waals surface area contributed by atoms with Crippen LogP contribution in [-0.4, -0.2) is 21.1 Å². The fourth-order valence-electron chi connectivity index (χ4n) is 2.03. The number of fused-ring (bicyclic) bond motifs is 1. The summed E-state index contributed by atoms with van der Waals surface area (Å²) in [7, 11) is 0. The Bertz CT molecular complexity index is 506. The Balaban J connectivity index is 1.98. The lowest BCUT2D eigenvalue weighted by atomic mass is 10.3. The van der Waals surface area contributed by atoms with Gasteiger partial charge < -0.3 is 0 Å². The number of aromatic nitrogens is 3. The van der Waals surface area contributed by atoms with Crippen LogP contribution in [0.3, 0.4) is 0 Å². The molecule has 0 radical (unpaired) electrons. The Kier molecular flexibility index (Phi) is 2.06. The minimum Gasteiger partial charge on any atom is -0.298 e. The average molecular weight is 213 g/mol. The van der Waals surface area contributed by atoms with Gasteiger partial charge in [-0.05, 0) is 37.0 Å². The predicted molar refractivity (Wildman–Crippen MR) is 58.8 cm³/mol. The lowest BCUT2D eigenvalue weighted by molar-refractivity contribution is 0.112. The van der Waals surface area contributed by atoms with E-state index in [0.29, 0.717) is 5.56 Å². The second kappa shape index (κ2) is 3.56. The maximum absolute atomic E-state index is 10.5. The standard InChI is InChI=1S/C12H11N3O/c16-8-9-4-5-12(13-6-9)15-7-10-2-1-3-11(10)14-15/h4-8H,1-3H2. The molecule has 1 aliphatic carbocycles. The fourth-order valence-corrected chi connectivity index (χ4v) is 2.03. The van der Waals surface area contributed by atoms with Gasteiger partial charge in [0.2, 0.25) is 0 Å². The lowest BCUT2D eigenvalue weighted by Gasteiger charge is -2.00. The zero-order chi connectivity index (χ0) is 11.0. The Labute approximate surface area is 92.9 Å². The lowest BCUT2D eigenvalue weighted by Crippen LogP contribution is -1.99. The topological polar surface area (TPSA) is 47.8 Å². The normalized spacial score (nSPS) is 13.8. The van der Waals surface area contributed by atoms with Gasteiger partial charge in [-0.2, -0.15) is 5.10 Å². The SMILES string of the molecule is O=Cc1ccc(-n2cc3c(n2)CCC3)nc1. The number of carbonyl (C=O) groups is 1. The maximum atomic E-state index is 10.5.